The molecule has 1 aromatic heterocycles. The number of nitrogens with one attached hydrogen (secondary N) is 1. The number of rotatable bonds is 6. The lowest BCUT2D eigenvalue weighted by Gasteiger charge is -2.18. The Bertz CT molecular complexity index is 582. The predicted molar refractivity (Wildman–Crippen MR) is 82.0 cm³/mol. The summed E-state index contributed by atoms with van der Waals surface area (Å²) < 4.78 is 10.6. The summed E-state index contributed by atoms with van der Waals surface area (Å²) in [6, 6.07) is 9.34. The van der Waals surface area contributed by atoms with Crippen molar-refractivity contribution in [3.63, 3.8) is 0 Å². The van der Waals surface area contributed by atoms with Gasteiger partial charge in [0.1, 0.15) is 17.3 Å². The summed E-state index contributed by atoms with van der Waals surface area (Å²) in [5.41, 5.74) is 10.5. The Labute approximate surface area is 124 Å². The van der Waals surface area contributed by atoms with Gasteiger partial charge in [-0.1, -0.05) is 0 Å². The number of hydrogen-bond acceptors (Lipinski definition) is 6. The van der Waals surface area contributed by atoms with Crippen LogP contribution in [0.25, 0.3) is 0 Å². The van der Waals surface area contributed by atoms with Crippen LogP contribution in [-0.2, 0) is 6.42 Å². The van der Waals surface area contributed by atoms with E-state index in [1.165, 1.54) is 0 Å². The molecule has 0 aliphatic carbocycles. The fourth-order valence-electron chi connectivity index (χ4n) is 2.16. The molecule has 0 bridgehead atoms. The van der Waals surface area contributed by atoms with Gasteiger partial charge in [-0.3, -0.25) is 11.3 Å². The topological polar surface area (TPSA) is 95.4 Å². The van der Waals surface area contributed by atoms with Crippen LogP contribution in [0.1, 0.15) is 17.2 Å². The molecule has 5 N–H and O–H groups in total. The van der Waals surface area contributed by atoms with Crippen LogP contribution in [0.5, 0.6) is 11.5 Å². The van der Waals surface area contributed by atoms with Crippen molar-refractivity contribution in [1.29, 1.82) is 0 Å². The van der Waals surface area contributed by atoms with E-state index in [9.17, 15) is 0 Å². The molecule has 0 saturated carbocycles. The van der Waals surface area contributed by atoms with Gasteiger partial charge in [0.05, 0.1) is 20.3 Å². The summed E-state index contributed by atoms with van der Waals surface area (Å²) in [7, 11) is 3.24. The van der Waals surface area contributed by atoms with Gasteiger partial charge in [-0.25, -0.2) is 4.98 Å². The molecular formula is C15H20N4O2. The number of nitrogens with zero attached hydrogens (tertiary/aromatic N) is 1. The third kappa shape index (κ3) is 3.84. The van der Waals surface area contributed by atoms with Gasteiger partial charge in [-0.2, -0.15) is 0 Å². The van der Waals surface area contributed by atoms with Crippen molar-refractivity contribution >= 4 is 5.82 Å². The number of anilines is 1. The lowest BCUT2D eigenvalue weighted by atomic mass is 9.99. The van der Waals surface area contributed by atoms with Crippen LogP contribution in [0.2, 0.25) is 0 Å². The van der Waals surface area contributed by atoms with Crippen LogP contribution < -0.4 is 26.5 Å². The Morgan fingerprint density at radius 3 is 2.33 bits per heavy atom. The molecule has 1 atom stereocenters. The van der Waals surface area contributed by atoms with Crippen molar-refractivity contribution in [3.05, 3.63) is 47.7 Å². The molecule has 0 saturated heterocycles. The molecule has 6 heteroatoms. The molecule has 21 heavy (non-hydrogen) atoms. The summed E-state index contributed by atoms with van der Waals surface area (Å²) in [4.78, 5) is 3.99. The zero-order valence-corrected chi connectivity index (χ0v) is 12.2. The second-order valence-corrected chi connectivity index (χ2v) is 4.66. The first-order valence-electron chi connectivity index (χ1n) is 6.55. The molecule has 0 aliphatic rings. The zero-order valence-electron chi connectivity index (χ0n) is 12.2. The Morgan fingerprint density at radius 2 is 1.81 bits per heavy atom. The fourth-order valence-corrected chi connectivity index (χ4v) is 2.16. The summed E-state index contributed by atoms with van der Waals surface area (Å²) in [5, 5.41) is 0. The first kappa shape index (κ1) is 15.1. The minimum Gasteiger partial charge on any atom is -0.497 e. The minimum absolute atomic E-state index is 0.0872. The monoisotopic (exact) mass is 288 g/mol. The van der Waals surface area contributed by atoms with Gasteiger partial charge in [0.15, 0.2) is 0 Å². The van der Waals surface area contributed by atoms with Crippen LogP contribution in [0, 0.1) is 0 Å². The van der Waals surface area contributed by atoms with Crippen LogP contribution >= 0.6 is 0 Å². The van der Waals surface area contributed by atoms with Crippen molar-refractivity contribution in [1.82, 2.24) is 10.4 Å². The number of methoxy groups -OCH3 is 2. The van der Waals surface area contributed by atoms with Gasteiger partial charge in [0, 0.05) is 12.3 Å². The third-order valence-corrected chi connectivity index (χ3v) is 3.26. The molecule has 6 nitrogen and oxygen atoms in total. The van der Waals surface area contributed by atoms with Crippen molar-refractivity contribution in [2.45, 2.75) is 12.5 Å². The Balaban J connectivity index is 2.28. The van der Waals surface area contributed by atoms with Gasteiger partial charge in [-0.15, -0.1) is 0 Å². The number of ether oxygens (including phenoxy) is 2. The molecule has 0 fully saturated rings. The first-order chi connectivity index (χ1) is 10.2. The zero-order chi connectivity index (χ0) is 15.2. The standard InChI is InChI=1S/C15H20N4O2/c1-20-12-7-11(8-13(9-12)21-2)14(19-17)5-10-3-4-18-15(16)6-10/h3-4,6-9,14,19H,5,17H2,1-2H3,(H2,16,18). The van der Waals surface area contributed by atoms with E-state index < -0.39 is 0 Å². The SMILES string of the molecule is COc1cc(OC)cc(C(Cc2ccnc(N)c2)NN)c1. The second-order valence-electron chi connectivity index (χ2n) is 4.66. The molecule has 0 spiro atoms. The number of nitrogens with two attached hydrogens (primary N) is 2. The number of pyridine rings is 1. The number of aromatic nitrogens is 1. The maximum atomic E-state index is 5.70. The van der Waals surface area contributed by atoms with Gasteiger partial charge in [0.2, 0.25) is 0 Å². The van der Waals surface area contributed by atoms with E-state index in [0.717, 1.165) is 22.6 Å². The molecule has 0 aliphatic heterocycles. The number of nitrogen functional groups attached to an aromatic ring is 1. The average molecular weight is 288 g/mol. The Kier molecular flexibility index (Phi) is 4.97. The Hall–Kier alpha value is -2.31. The number of hydrazine groups is 1. The maximum absolute atomic E-state index is 5.70. The second kappa shape index (κ2) is 6.92. The highest BCUT2D eigenvalue weighted by Crippen LogP contribution is 2.28. The van der Waals surface area contributed by atoms with E-state index in [-0.39, 0.29) is 6.04 Å². The minimum atomic E-state index is -0.0872. The summed E-state index contributed by atoms with van der Waals surface area (Å²) >= 11 is 0. The van der Waals surface area contributed by atoms with Crippen molar-refractivity contribution < 1.29 is 9.47 Å². The summed E-state index contributed by atoms with van der Waals surface area (Å²) in [5.74, 6) is 7.63. The van der Waals surface area contributed by atoms with Gasteiger partial charge in [0.25, 0.3) is 0 Å². The molecule has 112 valence electrons. The molecule has 1 heterocycles. The predicted octanol–water partition coefficient (Wildman–Crippen LogP) is 1.43. The highest BCUT2D eigenvalue weighted by molar-refractivity contribution is 5.41. The molecule has 2 rings (SSSR count). The molecule has 2 aromatic rings. The quantitative estimate of drug-likeness (QED) is 0.550. The molecule has 1 aromatic carbocycles. The van der Waals surface area contributed by atoms with Gasteiger partial charge < -0.3 is 15.2 Å². The normalized spacial score (nSPS) is 12.0. The van der Waals surface area contributed by atoms with Crippen LogP contribution in [0.4, 0.5) is 5.82 Å². The van der Waals surface area contributed by atoms with Crippen molar-refractivity contribution in [2.24, 2.45) is 5.84 Å². The van der Waals surface area contributed by atoms with E-state index in [1.807, 2.05) is 30.3 Å². The molecule has 0 radical (unpaired) electrons. The third-order valence-electron chi connectivity index (χ3n) is 3.26. The van der Waals surface area contributed by atoms with E-state index in [0.29, 0.717) is 12.2 Å². The van der Waals surface area contributed by atoms with Crippen LogP contribution in [0.3, 0.4) is 0 Å². The summed E-state index contributed by atoms with van der Waals surface area (Å²) in [6.45, 7) is 0. The molecule has 0 amide bonds. The van der Waals surface area contributed by atoms with Gasteiger partial charge >= 0.3 is 0 Å². The van der Waals surface area contributed by atoms with Gasteiger partial charge in [-0.05, 0) is 41.8 Å². The van der Waals surface area contributed by atoms with E-state index in [1.54, 1.807) is 20.4 Å². The lowest BCUT2D eigenvalue weighted by molar-refractivity contribution is 0.391. The van der Waals surface area contributed by atoms with Crippen molar-refractivity contribution in [3.8, 4) is 11.5 Å². The maximum Gasteiger partial charge on any atom is 0.123 e. The smallest absolute Gasteiger partial charge is 0.123 e. The number of benzene rings is 1. The lowest BCUT2D eigenvalue weighted by Crippen LogP contribution is -2.29. The number of hydrogen-bond donors (Lipinski definition) is 3. The van der Waals surface area contributed by atoms with E-state index in [4.69, 9.17) is 21.1 Å². The highest BCUT2D eigenvalue weighted by Gasteiger charge is 2.13. The van der Waals surface area contributed by atoms with Crippen molar-refractivity contribution in [2.75, 3.05) is 20.0 Å². The fraction of sp³-hybridized carbons (Fsp3) is 0.267. The van der Waals surface area contributed by atoms with E-state index >= 15 is 0 Å². The molecule has 1 unspecified atom stereocenters. The Morgan fingerprint density at radius 1 is 1.14 bits per heavy atom. The van der Waals surface area contributed by atoms with Crippen LogP contribution in [0.15, 0.2) is 36.5 Å². The summed E-state index contributed by atoms with van der Waals surface area (Å²) in [6.07, 6.45) is 2.37. The molecular weight excluding hydrogens is 268 g/mol. The highest BCUT2D eigenvalue weighted by atomic mass is 16.5. The van der Waals surface area contributed by atoms with E-state index in [2.05, 4.69) is 10.4 Å². The first-order valence-corrected chi connectivity index (χ1v) is 6.55. The largest absolute Gasteiger partial charge is 0.497 e. The average Bonchev–Trinajstić information content (AvgIpc) is 2.52. The van der Waals surface area contributed by atoms with Crippen LogP contribution in [-0.4, -0.2) is 19.2 Å².